The molecule has 1 heterocycles. The van der Waals surface area contributed by atoms with Crippen LogP contribution in [0.5, 0.6) is 0 Å². The molecule has 0 aromatic heterocycles. The first-order valence-electron chi connectivity index (χ1n) is 13.7. The summed E-state index contributed by atoms with van der Waals surface area (Å²) in [5.41, 5.74) is -0.564. The summed E-state index contributed by atoms with van der Waals surface area (Å²) in [6, 6.07) is 37.8. The molecule has 0 unspecified atom stereocenters. The van der Waals surface area contributed by atoms with Crippen molar-refractivity contribution in [3.8, 4) is 0 Å². The summed E-state index contributed by atoms with van der Waals surface area (Å²) in [6.45, 7) is 3.62. The van der Waals surface area contributed by atoms with Crippen molar-refractivity contribution in [2.24, 2.45) is 0 Å². The van der Waals surface area contributed by atoms with Gasteiger partial charge in [0.15, 0.2) is 5.79 Å². The van der Waals surface area contributed by atoms with E-state index in [9.17, 15) is 10.2 Å². The fourth-order valence-electron chi connectivity index (χ4n) is 5.45. The minimum atomic E-state index is -1.60. The molecule has 0 bridgehead atoms. The van der Waals surface area contributed by atoms with Crippen molar-refractivity contribution in [3.05, 3.63) is 176 Å². The molecule has 6 heteroatoms. The molecule has 4 aromatic rings. The van der Waals surface area contributed by atoms with Gasteiger partial charge in [0.25, 0.3) is 0 Å². The minimum absolute atomic E-state index is 0.658. The van der Waals surface area contributed by atoms with Crippen LogP contribution in [0.2, 0.25) is 0 Å². The van der Waals surface area contributed by atoms with E-state index in [1.54, 1.807) is 0 Å². The van der Waals surface area contributed by atoms with Gasteiger partial charge in [0.05, 0.1) is 0 Å². The molecule has 1 saturated heterocycles. The van der Waals surface area contributed by atoms with Crippen LogP contribution in [0.3, 0.4) is 0 Å². The third-order valence-electron chi connectivity index (χ3n) is 7.33. The Morgan fingerprint density at radius 2 is 0.714 bits per heavy atom. The van der Waals surface area contributed by atoms with E-state index in [4.69, 9.17) is 9.47 Å². The van der Waals surface area contributed by atoms with Crippen LogP contribution in [0.4, 0.5) is 0 Å². The van der Waals surface area contributed by atoms with Crippen molar-refractivity contribution in [3.63, 3.8) is 0 Å². The van der Waals surface area contributed by atoms with E-state index in [-0.39, 0.29) is 0 Å². The van der Waals surface area contributed by atoms with Crippen LogP contribution in [0, 0.1) is 32.1 Å². The predicted octanol–water partition coefficient (Wildman–Crippen LogP) is 7.09. The molecule has 2 aliphatic rings. The van der Waals surface area contributed by atoms with Gasteiger partial charge in [-0.05, 0) is 68.2 Å². The van der Waals surface area contributed by atoms with Gasteiger partial charge < -0.3 is 19.7 Å². The maximum absolute atomic E-state index is 12.6. The number of hydrogen-bond donors (Lipinski definition) is 2. The van der Waals surface area contributed by atoms with Crippen LogP contribution in [-0.2, 0) is 40.1 Å². The molecule has 5 radical (unpaired) electrons. The summed E-state index contributed by atoms with van der Waals surface area (Å²) >= 11 is 1.47. The second kappa shape index (κ2) is 14.9. The number of rotatable bonds is 6. The summed E-state index contributed by atoms with van der Waals surface area (Å²) in [4.78, 5) is 0. The fraction of sp³-hybridized carbons (Fsp3) is 0.194. The monoisotopic (exact) mass is 614 g/mol. The average molecular weight is 615 g/mol. The molecule has 1 saturated carbocycles. The molecule has 1 aliphatic heterocycles. The van der Waals surface area contributed by atoms with Crippen LogP contribution < -0.4 is 0 Å². The second-order valence-electron chi connectivity index (χ2n) is 10.4. The number of aliphatic hydroxyl groups is 2. The first kappa shape index (κ1) is 32.6. The van der Waals surface area contributed by atoms with Gasteiger partial charge in [-0.3, -0.25) is 0 Å². The molecule has 4 nitrogen and oxygen atoms in total. The molecule has 213 valence electrons. The van der Waals surface area contributed by atoms with Crippen molar-refractivity contribution in [1.82, 2.24) is 0 Å². The molecule has 1 aliphatic carbocycles. The van der Waals surface area contributed by atoms with E-state index >= 15 is 0 Å². The number of hydrogen-bond acceptors (Lipinski definition) is 4. The van der Waals surface area contributed by atoms with Gasteiger partial charge in [0.2, 0.25) is 0 Å². The van der Waals surface area contributed by atoms with E-state index in [1.807, 2.05) is 167 Å². The first-order valence-corrected chi connectivity index (χ1v) is 15.9. The Hall–Kier alpha value is -2.28. The number of benzene rings is 4. The molecule has 6 rings (SSSR count). The number of ether oxygens (including phenoxy) is 2. The van der Waals surface area contributed by atoms with Crippen molar-refractivity contribution >= 4 is 9.30 Å². The Morgan fingerprint density at radius 3 is 0.929 bits per heavy atom. The molecule has 2 atom stereocenters. The summed E-state index contributed by atoms with van der Waals surface area (Å²) in [5, 5.41) is 25.2. The van der Waals surface area contributed by atoms with Gasteiger partial charge in [-0.2, -0.15) is 0 Å². The van der Waals surface area contributed by atoms with Crippen LogP contribution in [0.25, 0.3) is 0 Å². The fourth-order valence-corrected chi connectivity index (χ4v) is 5.45. The summed E-state index contributed by atoms with van der Waals surface area (Å²) in [7, 11) is 4.64. The normalized spacial score (nSPS) is 19.6. The zero-order valence-corrected chi connectivity index (χ0v) is 26.0. The maximum atomic E-state index is 12.6. The molecule has 4 aromatic carbocycles. The zero-order valence-electron chi connectivity index (χ0n) is 23.7. The third kappa shape index (κ3) is 7.09. The van der Waals surface area contributed by atoms with E-state index in [0.29, 0.717) is 22.3 Å². The Kier molecular flexibility index (Phi) is 11.6. The third-order valence-corrected chi connectivity index (χ3v) is 7.33. The van der Waals surface area contributed by atoms with Crippen LogP contribution in [-0.4, -0.2) is 28.2 Å². The summed E-state index contributed by atoms with van der Waals surface area (Å²) < 4.78 is 13.0. The van der Waals surface area contributed by atoms with E-state index in [0.717, 1.165) is 0 Å². The topological polar surface area (TPSA) is 58.9 Å². The molecular formula is C36H35ClO4Ti+. The van der Waals surface area contributed by atoms with Crippen molar-refractivity contribution in [1.29, 1.82) is 0 Å². The van der Waals surface area contributed by atoms with Gasteiger partial charge in [0, 0.05) is 0 Å². The Balaban J connectivity index is 0.000000516. The Morgan fingerprint density at radius 1 is 0.500 bits per heavy atom. The van der Waals surface area contributed by atoms with E-state index < -0.39 is 29.2 Å². The van der Waals surface area contributed by atoms with Crippen molar-refractivity contribution < 1.29 is 39.1 Å². The van der Waals surface area contributed by atoms with Crippen LogP contribution >= 0.6 is 9.30 Å². The van der Waals surface area contributed by atoms with Crippen LogP contribution in [0.1, 0.15) is 36.1 Å². The first-order chi connectivity index (χ1) is 20.4. The van der Waals surface area contributed by atoms with E-state index in [2.05, 4.69) is 9.30 Å². The summed E-state index contributed by atoms with van der Waals surface area (Å²) in [5.74, 6) is -1.05. The van der Waals surface area contributed by atoms with Gasteiger partial charge >= 0.3 is 28.7 Å². The SMILES string of the molecule is CC1(C)O[C@@H](C(O)(c2ccccc2)c2ccccc2)[C@H](C(O)(c2ccccc2)c2ccccc2)O1.[CH]1[CH][CH][CH][CH]1.[Cl][Ti+]. The zero-order chi connectivity index (χ0) is 30.1. The van der Waals surface area contributed by atoms with Gasteiger partial charge in [-0.15, -0.1) is 0 Å². The van der Waals surface area contributed by atoms with Crippen molar-refractivity contribution in [2.75, 3.05) is 0 Å². The Labute approximate surface area is 266 Å². The second-order valence-corrected chi connectivity index (χ2v) is 10.4. The molecule has 2 N–H and O–H groups in total. The Bertz CT molecular complexity index is 1150. The average Bonchev–Trinajstić information content (AvgIpc) is 3.75. The predicted molar refractivity (Wildman–Crippen MR) is 163 cm³/mol. The molecular weight excluding hydrogens is 580 g/mol. The van der Waals surface area contributed by atoms with Gasteiger partial charge in [0.1, 0.15) is 23.4 Å². The standard InChI is InChI=1S/C31H30O4.C5H5.ClH.Ti/c1-29(2)34-27(30(32,23-15-7-3-8-16-23)24-17-9-4-10-18-24)28(35-29)31(33,25-19-11-5-12-20-25)26-21-13-6-14-22-26;1-2-4-5-3-1;;/h3-22,27-28,32-33H,1-2H3;1-5H;1H;/q;;;+2/p-1/t27-,28-;;;/m1.../s1. The van der Waals surface area contributed by atoms with E-state index in [1.165, 1.54) is 19.4 Å². The molecule has 0 amide bonds. The van der Waals surface area contributed by atoms with Crippen LogP contribution in [0.15, 0.2) is 121 Å². The number of halogens is 1. The summed E-state index contributed by atoms with van der Waals surface area (Å²) in [6.07, 6.45) is 8.13. The molecule has 42 heavy (non-hydrogen) atoms. The van der Waals surface area contributed by atoms with Gasteiger partial charge in [-0.1, -0.05) is 121 Å². The molecule has 0 spiro atoms. The van der Waals surface area contributed by atoms with Gasteiger partial charge in [-0.25, -0.2) is 0 Å². The molecule has 2 fully saturated rings. The van der Waals surface area contributed by atoms with Crippen molar-refractivity contribution in [2.45, 2.75) is 43.0 Å². The quantitative estimate of drug-likeness (QED) is 0.228.